The Kier molecular flexibility index (Phi) is 9.81. The lowest BCUT2D eigenvalue weighted by molar-refractivity contribution is 0.258. The van der Waals surface area contributed by atoms with Gasteiger partial charge in [0.05, 0.1) is 13.2 Å². The van der Waals surface area contributed by atoms with E-state index in [-0.39, 0.29) is 0 Å². The van der Waals surface area contributed by atoms with Gasteiger partial charge in [0.2, 0.25) is 0 Å². The molecule has 2 nitrogen and oxygen atoms in total. The highest BCUT2D eigenvalue weighted by molar-refractivity contribution is 5.37. The second-order valence-electron chi connectivity index (χ2n) is 5.10. The largest absolute Gasteiger partial charge is 0.489 e. The standard InChI is InChI=1S/C18H28O2/c1-3-5-7-11-15-19-17-13-9-10-14-18(17)20-16-12-8-6-4-2/h9-10H,3-8,11-12,15-16H2,1-2H3. The average molecular weight is 276 g/mol. The van der Waals surface area contributed by atoms with Crippen molar-refractivity contribution >= 4 is 0 Å². The molecule has 2 heteroatoms. The summed E-state index contributed by atoms with van der Waals surface area (Å²) in [6.45, 7) is 5.90. The lowest BCUT2D eigenvalue weighted by Crippen LogP contribution is -2.02. The van der Waals surface area contributed by atoms with Crippen molar-refractivity contribution < 1.29 is 9.47 Å². The summed E-state index contributed by atoms with van der Waals surface area (Å²) in [7, 11) is 0. The summed E-state index contributed by atoms with van der Waals surface area (Å²) in [5.74, 6) is 1.42. The van der Waals surface area contributed by atoms with Crippen molar-refractivity contribution in [2.24, 2.45) is 0 Å². The molecule has 20 heavy (non-hydrogen) atoms. The molecule has 1 aromatic rings. The molecule has 0 saturated carbocycles. The summed E-state index contributed by atoms with van der Waals surface area (Å²) >= 11 is 0. The molecule has 1 aromatic carbocycles. The molecule has 0 aliphatic heterocycles. The molecular formula is C18H28O2. The first-order valence-electron chi connectivity index (χ1n) is 8.06. The number of hydrogen-bond donors (Lipinski definition) is 0. The summed E-state index contributed by atoms with van der Waals surface area (Å²) < 4.78 is 11.5. The van der Waals surface area contributed by atoms with Gasteiger partial charge in [-0.2, -0.15) is 0 Å². The van der Waals surface area contributed by atoms with Crippen LogP contribution in [0.2, 0.25) is 0 Å². The fraction of sp³-hybridized carbons (Fsp3) is 0.667. The van der Waals surface area contributed by atoms with E-state index in [1.807, 2.05) is 12.1 Å². The summed E-state index contributed by atoms with van der Waals surface area (Å²) in [5.41, 5.74) is 0. The Hall–Kier alpha value is -1.18. The molecule has 112 valence electrons. The Bertz CT molecular complexity index is 303. The van der Waals surface area contributed by atoms with Gasteiger partial charge in [-0.25, -0.2) is 0 Å². The Balaban J connectivity index is 2.27. The molecule has 0 heterocycles. The molecule has 0 bridgehead atoms. The van der Waals surface area contributed by atoms with Gasteiger partial charge in [0.25, 0.3) is 0 Å². The second kappa shape index (κ2) is 11.6. The first kappa shape index (κ1) is 16.9. The fourth-order valence-electron chi connectivity index (χ4n) is 1.99. The van der Waals surface area contributed by atoms with Gasteiger partial charge in [-0.15, -0.1) is 0 Å². The van der Waals surface area contributed by atoms with Crippen molar-refractivity contribution in [1.29, 1.82) is 0 Å². The van der Waals surface area contributed by atoms with Crippen molar-refractivity contribution in [2.75, 3.05) is 13.2 Å². The molecule has 0 saturated heterocycles. The third-order valence-corrected chi connectivity index (χ3v) is 3.21. The maximum Gasteiger partial charge on any atom is 0.169 e. The van der Waals surface area contributed by atoms with Crippen LogP contribution in [0.3, 0.4) is 0 Å². The smallest absolute Gasteiger partial charge is 0.169 e. The van der Waals surface area contributed by atoms with Gasteiger partial charge in [-0.1, -0.05) is 52.4 Å². The molecule has 1 rings (SSSR count). The van der Waals surface area contributed by atoms with Gasteiger partial charge in [-0.05, 0) is 25.0 Å². The van der Waals surface area contributed by atoms with Crippen LogP contribution in [-0.4, -0.2) is 13.2 Å². The molecular weight excluding hydrogens is 248 g/mol. The van der Waals surface area contributed by atoms with E-state index in [1.165, 1.54) is 38.5 Å². The fourth-order valence-corrected chi connectivity index (χ4v) is 1.99. The minimum Gasteiger partial charge on any atom is -0.489 e. The number of hydrogen-bond acceptors (Lipinski definition) is 2. The van der Waals surface area contributed by atoms with E-state index in [2.05, 4.69) is 26.0 Å². The number of benzene rings is 1. The van der Waals surface area contributed by atoms with Crippen LogP contribution in [0.1, 0.15) is 65.2 Å². The third kappa shape index (κ3) is 7.42. The van der Waals surface area contributed by atoms with Crippen molar-refractivity contribution in [1.82, 2.24) is 0 Å². The highest BCUT2D eigenvalue weighted by atomic mass is 16.5. The van der Waals surface area contributed by atoms with E-state index in [4.69, 9.17) is 9.47 Å². The van der Waals surface area contributed by atoms with E-state index < -0.39 is 0 Å². The van der Waals surface area contributed by atoms with E-state index in [0.29, 0.717) is 11.5 Å². The molecule has 0 amide bonds. The van der Waals surface area contributed by atoms with Gasteiger partial charge >= 0.3 is 0 Å². The lowest BCUT2D eigenvalue weighted by atomic mass is 10.2. The Morgan fingerprint density at radius 3 is 1.55 bits per heavy atom. The summed E-state index contributed by atoms with van der Waals surface area (Å²) in [4.78, 5) is 0. The topological polar surface area (TPSA) is 18.5 Å². The Morgan fingerprint density at radius 1 is 0.700 bits per heavy atom. The van der Waals surface area contributed by atoms with E-state index in [1.54, 1.807) is 0 Å². The lowest BCUT2D eigenvalue weighted by Gasteiger charge is -2.11. The predicted octanol–water partition coefficient (Wildman–Crippen LogP) is 5.21. The molecule has 0 unspecified atom stereocenters. The molecule has 2 radical (unpaired) electrons. The zero-order chi connectivity index (χ0) is 14.5. The zero-order valence-electron chi connectivity index (χ0n) is 13.0. The molecule has 0 aliphatic carbocycles. The van der Waals surface area contributed by atoms with Gasteiger partial charge in [0.15, 0.2) is 11.5 Å². The monoisotopic (exact) mass is 276 g/mol. The Labute approximate surface area is 124 Å². The van der Waals surface area contributed by atoms with Crippen LogP contribution in [0.5, 0.6) is 11.5 Å². The van der Waals surface area contributed by atoms with Gasteiger partial charge in [0, 0.05) is 12.1 Å². The van der Waals surface area contributed by atoms with E-state index in [0.717, 1.165) is 26.1 Å². The molecule has 0 N–H and O–H groups in total. The third-order valence-electron chi connectivity index (χ3n) is 3.21. The van der Waals surface area contributed by atoms with Crippen molar-refractivity contribution in [2.45, 2.75) is 65.2 Å². The molecule has 0 atom stereocenters. The Morgan fingerprint density at radius 2 is 1.15 bits per heavy atom. The highest BCUT2D eigenvalue weighted by Gasteiger charge is 2.04. The average Bonchev–Trinajstić information content (AvgIpc) is 2.48. The van der Waals surface area contributed by atoms with E-state index >= 15 is 0 Å². The predicted molar refractivity (Wildman–Crippen MR) is 83.4 cm³/mol. The minimum atomic E-state index is 0.708. The summed E-state index contributed by atoms with van der Waals surface area (Å²) in [6, 6.07) is 9.85. The van der Waals surface area contributed by atoms with Crippen LogP contribution in [0.15, 0.2) is 12.1 Å². The van der Waals surface area contributed by atoms with Crippen LogP contribution >= 0.6 is 0 Å². The molecule has 0 aromatic heterocycles. The first-order valence-corrected chi connectivity index (χ1v) is 8.06. The number of rotatable bonds is 12. The quantitative estimate of drug-likeness (QED) is 0.488. The molecule has 0 spiro atoms. The molecule has 0 aliphatic rings. The zero-order valence-corrected chi connectivity index (χ0v) is 13.0. The van der Waals surface area contributed by atoms with Gasteiger partial charge in [-0.3, -0.25) is 0 Å². The van der Waals surface area contributed by atoms with Crippen molar-refractivity contribution in [3.05, 3.63) is 24.3 Å². The maximum absolute atomic E-state index is 5.75. The minimum absolute atomic E-state index is 0.708. The van der Waals surface area contributed by atoms with E-state index in [9.17, 15) is 0 Å². The molecule has 0 fully saturated rings. The SMILES string of the molecule is CCCCCCOc1[c]cc[c]c1OCCCCCC. The second-order valence-corrected chi connectivity index (χ2v) is 5.10. The summed E-state index contributed by atoms with van der Waals surface area (Å²) in [5, 5.41) is 0. The van der Waals surface area contributed by atoms with Gasteiger partial charge in [0.1, 0.15) is 0 Å². The van der Waals surface area contributed by atoms with Crippen LogP contribution in [0, 0.1) is 12.1 Å². The van der Waals surface area contributed by atoms with Gasteiger partial charge < -0.3 is 9.47 Å². The first-order chi connectivity index (χ1) is 9.88. The van der Waals surface area contributed by atoms with Crippen molar-refractivity contribution in [3.8, 4) is 11.5 Å². The van der Waals surface area contributed by atoms with Crippen LogP contribution in [0.4, 0.5) is 0 Å². The highest BCUT2D eigenvalue weighted by Crippen LogP contribution is 2.25. The van der Waals surface area contributed by atoms with Crippen LogP contribution < -0.4 is 9.47 Å². The number of ether oxygens (including phenoxy) is 2. The van der Waals surface area contributed by atoms with Crippen LogP contribution in [0.25, 0.3) is 0 Å². The maximum atomic E-state index is 5.75. The van der Waals surface area contributed by atoms with Crippen LogP contribution in [-0.2, 0) is 0 Å². The number of unbranched alkanes of at least 4 members (excludes halogenated alkanes) is 6. The normalized spacial score (nSPS) is 10.5. The summed E-state index contributed by atoms with van der Waals surface area (Å²) in [6.07, 6.45) is 9.66. The van der Waals surface area contributed by atoms with Crippen molar-refractivity contribution in [3.63, 3.8) is 0 Å².